The standard InChI is InChI=1S/C26H27N5O/c1-3-5-6-9-15-30-17-27-24-22(26(30)32)23-25(29-21-14-8-7-13-20(21)28-23)31(24)19-12-10-11-18(4-2)16-19/h7-8,10-14,16-17H,3-6,9,15H2,1-2H3. The van der Waals surface area contributed by atoms with E-state index in [9.17, 15) is 4.79 Å². The molecule has 6 heteroatoms. The summed E-state index contributed by atoms with van der Waals surface area (Å²) in [6, 6.07) is 16.1. The molecule has 0 aliphatic rings. The summed E-state index contributed by atoms with van der Waals surface area (Å²) in [7, 11) is 0. The highest BCUT2D eigenvalue weighted by Gasteiger charge is 2.20. The lowest BCUT2D eigenvalue weighted by Gasteiger charge is -2.09. The van der Waals surface area contributed by atoms with Gasteiger partial charge < -0.3 is 0 Å². The van der Waals surface area contributed by atoms with E-state index in [0.717, 1.165) is 36.0 Å². The summed E-state index contributed by atoms with van der Waals surface area (Å²) in [5.74, 6) is 0. The van der Waals surface area contributed by atoms with Gasteiger partial charge in [0.05, 0.1) is 17.4 Å². The molecule has 0 saturated carbocycles. The van der Waals surface area contributed by atoms with E-state index in [-0.39, 0.29) is 5.56 Å². The molecule has 0 fully saturated rings. The van der Waals surface area contributed by atoms with Crippen molar-refractivity contribution in [1.29, 1.82) is 0 Å². The molecule has 0 unspecified atom stereocenters. The van der Waals surface area contributed by atoms with Crippen LogP contribution in [0.3, 0.4) is 0 Å². The number of hydrogen-bond donors (Lipinski definition) is 0. The highest BCUT2D eigenvalue weighted by atomic mass is 16.1. The molecule has 0 aliphatic carbocycles. The van der Waals surface area contributed by atoms with Crippen LogP contribution in [0.4, 0.5) is 0 Å². The molecule has 6 nitrogen and oxygen atoms in total. The normalized spacial score (nSPS) is 11.7. The summed E-state index contributed by atoms with van der Waals surface area (Å²) in [6.07, 6.45) is 7.02. The number of nitrogens with zero attached hydrogens (tertiary/aromatic N) is 5. The van der Waals surface area contributed by atoms with Gasteiger partial charge in [0, 0.05) is 12.2 Å². The molecule has 0 saturated heterocycles. The van der Waals surface area contributed by atoms with Crippen LogP contribution in [-0.4, -0.2) is 24.1 Å². The molecule has 0 bridgehead atoms. The summed E-state index contributed by atoms with van der Waals surface area (Å²) < 4.78 is 3.70. The Bertz CT molecular complexity index is 1480. The second kappa shape index (κ2) is 8.54. The molecule has 0 atom stereocenters. The lowest BCUT2D eigenvalue weighted by Crippen LogP contribution is -2.20. The Labute approximate surface area is 186 Å². The molecule has 0 N–H and O–H groups in total. The predicted molar refractivity (Wildman–Crippen MR) is 129 cm³/mol. The second-order valence-electron chi connectivity index (χ2n) is 8.25. The predicted octanol–water partition coefficient (Wildman–Crippen LogP) is 5.43. The zero-order valence-electron chi connectivity index (χ0n) is 18.6. The van der Waals surface area contributed by atoms with E-state index < -0.39 is 0 Å². The number of unbranched alkanes of at least 4 members (excludes halogenated alkanes) is 3. The van der Waals surface area contributed by atoms with E-state index in [1.54, 1.807) is 10.9 Å². The summed E-state index contributed by atoms with van der Waals surface area (Å²) in [6.45, 7) is 4.99. The van der Waals surface area contributed by atoms with E-state index in [1.807, 2.05) is 41.0 Å². The first-order chi connectivity index (χ1) is 15.7. The fourth-order valence-corrected chi connectivity index (χ4v) is 4.30. The summed E-state index contributed by atoms with van der Waals surface area (Å²) in [5.41, 5.74) is 5.58. The van der Waals surface area contributed by atoms with Crippen molar-refractivity contribution < 1.29 is 0 Å². The third-order valence-corrected chi connectivity index (χ3v) is 6.06. The zero-order chi connectivity index (χ0) is 22.1. The van der Waals surface area contributed by atoms with Crippen LogP contribution >= 0.6 is 0 Å². The summed E-state index contributed by atoms with van der Waals surface area (Å²) >= 11 is 0. The van der Waals surface area contributed by atoms with Crippen molar-refractivity contribution in [3.63, 3.8) is 0 Å². The fourth-order valence-electron chi connectivity index (χ4n) is 4.30. The van der Waals surface area contributed by atoms with Crippen LogP contribution in [-0.2, 0) is 13.0 Å². The maximum atomic E-state index is 13.6. The second-order valence-corrected chi connectivity index (χ2v) is 8.25. The Morgan fingerprint density at radius 2 is 1.69 bits per heavy atom. The van der Waals surface area contributed by atoms with Gasteiger partial charge in [-0.15, -0.1) is 0 Å². The molecule has 5 aromatic rings. The van der Waals surface area contributed by atoms with Crippen LogP contribution in [0, 0.1) is 0 Å². The topological polar surface area (TPSA) is 65.6 Å². The minimum atomic E-state index is -0.0496. The fraction of sp³-hybridized carbons (Fsp3) is 0.308. The van der Waals surface area contributed by atoms with Crippen LogP contribution in [0.25, 0.3) is 38.9 Å². The van der Waals surface area contributed by atoms with Crippen molar-refractivity contribution >= 4 is 33.2 Å². The molecular weight excluding hydrogens is 398 g/mol. The third-order valence-electron chi connectivity index (χ3n) is 6.06. The van der Waals surface area contributed by atoms with Gasteiger partial charge in [-0.3, -0.25) is 13.9 Å². The Kier molecular flexibility index (Phi) is 5.43. The van der Waals surface area contributed by atoms with Gasteiger partial charge in [0.15, 0.2) is 11.3 Å². The third kappa shape index (κ3) is 3.45. The molecule has 0 radical (unpaired) electrons. The van der Waals surface area contributed by atoms with E-state index in [1.165, 1.54) is 18.4 Å². The van der Waals surface area contributed by atoms with Crippen LogP contribution in [0.5, 0.6) is 0 Å². The largest absolute Gasteiger partial charge is 0.299 e. The molecule has 2 aromatic carbocycles. The van der Waals surface area contributed by atoms with E-state index >= 15 is 0 Å². The van der Waals surface area contributed by atoms with Crippen molar-refractivity contribution in [2.24, 2.45) is 0 Å². The molecule has 162 valence electrons. The highest BCUT2D eigenvalue weighted by molar-refractivity contribution is 6.05. The van der Waals surface area contributed by atoms with Crippen LogP contribution in [0.15, 0.2) is 59.7 Å². The maximum Gasteiger partial charge on any atom is 0.265 e. The van der Waals surface area contributed by atoms with Gasteiger partial charge in [-0.25, -0.2) is 15.0 Å². The number of para-hydroxylation sites is 2. The minimum absolute atomic E-state index is 0.0496. The molecular formula is C26H27N5O. The Hall–Kier alpha value is -3.54. The number of aryl methyl sites for hydroxylation is 2. The summed E-state index contributed by atoms with van der Waals surface area (Å²) in [5, 5.41) is 0.540. The highest BCUT2D eigenvalue weighted by Crippen LogP contribution is 2.28. The first-order valence-corrected chi connectivity index (χ1v) is 11.5. The SMILES string of the molecule is CCCCCCn1cnc2c(c1=O)c1nc3ccccc3nc1n2-c1cccc(CC)c1. The molecule has 5 rings (SSSR count). The van der Waals surface area contributed by atoms with Crippen molar-refractivity contribution in [2.45, 2.75) is 52.5 Å². The molecule has 32 heavy (non-hydrogen) atoms. The van der Waals surface area contributed by atoms with E-state index in [0.29, 0.717) is 28.7 Å². The molecule has 0 amide bonds. The monoisotopic (exact) mass is 425 g/mol. The molecule has 0 aliphatic heterocycles. The number of benzene rings is 2. The number of rotatable bonds is 7. The molecule has 3 aromatic heterocycles. The Morgan fingerprint density at radius 3 is 2.47 bits per heavy atom. The zero-order valence-corrected chi connectivity index (χ0v) is 18.6. The van der Waals surface area contributed by atoms with Crippen LogP contribution in [0.1, 0.15) is 45.1 Å². The quantitative estimate of drug-likeness (QED) is 0.326. The smallest absolute Gasteiger partial charge is 0.265 e. The van der Waals surface area contributed by atoms with Crippen molar-refractivity contribution in [3.05, 3.63) is 70.8 Å². The average Bonchev–Trinajstić information content (AvgIpc) is 3.15. The van der Waals surface area contributed by atoms with Gasteiger partial charge >= 0.3 is 0 Å². The lowest BCUT2D eigenvalue weighted by atomic mass is 10.1. The van der Waals surface area contributed by atoms with Gasteiger partial charge in [0.25, 0.3) is 5.56 Å². The van der Waals surface area contributed by atoms with Crippen LogP contribution in [0.2, 0.25) is 0 Å². The molecule has 3 heterocycles. The Balaban J connectivity index is 1.80. The van der Waals surface area contributed by atoms with Crippen molar-refractivity contribution in [1.82, 2.24) is 24.1 Å². The molecule has 0 spiro atoms. The van der Waals surface area contributed by atoms with Crippen molar-refractivity contribution in [2.75, 3.05) is 0 Å². The van der Waals surface area contributed by atoms with E-state index in [4.69, 9.17) is 15.0 Å². The first-order valence-electron chi connectivity index (χ1n) is 11.5. The number of fused-ring (bicyclic) bond motifs is 4. The number of aromatic nitrogens is 5. The minimum Gasteiger partial charge on any atom is -0.299 e. The van der Waals surface area contributed by atoms with Gasteiger partial charge in [-0.1, -0.05) is 57.4 Å². The maximum absolute atomic E-state index is 13.6. The average molecular weight is 426 g/mol. The van der Waals surface area contributed by atoms with Crippen molar-refractivity contribution in [3.8, 4) is 5.69 Å². The first kappa shape index (κ1) is 20.4. The van der Waals surface area contributed by atoms with Gasteiger partial charge in [0.1, 0.15) is 10.9 Å². The number of hydrogen-bond acceptors (Lipinski definition) is 4. The van der Waals surface area contributed by atoms with Crippen LogP contribution < -0.4 is 5.56 Å². The van der Waals surface area contributed by atoms with E-state index in [2.05, 4.69) is 26.0 Å². The van der Waals surface area contributed by atoms with Gasteiger partial charge in [-0.2, -0.15) is 0 Å². The lowest BCUT2D eigenvalue weighted by molar-refractivity contribution is 0.567. The van der Waals surface area contributed by atoms with Gasteiger partial charge in [-0.05, 0) is 42.7 Å². The Morgan fingerprint density at radius 1 is 0.875 bits per heavy atom. The summed E-state index contributed by atoms with van der Waals surface area (Å²) in [4.78, 5) is 28.1. The van der Waals surface area contributed by atoms with Gasteiger partial charge in [0.2, 0.25) is 0 Å².